The van der Waals surface area contributed by atoms with Gasteiger partial charge in [-0.1, -0.05) is 23.9 Å². The molecule has 0 bridgehead atoms. The molecule has 0 aliphatic carbocycles. The highest BCUT2D eigenvalue weighted by Crippen LogP contribution is 2.26. The van der Waals surface area contributed by atoms with Crippen LogP contribution in [0.3, 0.4) is 0 Å². The summed E-state index contributed by atoms with van der Waals surface area (Å²) in [5.74, 6) is -0.211. The molecular weight excluding hydrogens is 353 g/mol. The molecule has 25 heavy (non-hydrogen) atoms. The summed E-state index contributed by atoms with van der Waals surface area (Å²) in [4.78, 5) is 16.7. The largest absolute Gasteiger partial charge is 0.431 e. The van der Waals surface area contributed by atoms with Gasteiger partial charge in [0.2, 0.25) is 0 Å². The minimum absolute atomic E-state index is 0.0448. The first-order chi connectivity index (χ1) is 11.7. The predicted molar refractivity (Wildman–Crippen MR) is 89.0 cm³/mol. The molecule has 2 aromatic heterocycles. The minimum Gasteiger partial charge on any atom is -0.431 e. The molecule has 0 aliphatic rings. The monoisotopic (exact) mass is 368 g/mol. The van der Waals surface area contributed by atoms with Crippen LogP contribution >= 0.6 is 11.8 Å². The number of para-hydroxylation sites is 2. The zero-order chi connectivity index (χ0) is 18.2. The van der Waals surface area contributed by atoms with E-state index in [2.05, 4.69) is 4.98 Å². The quantitative estimate of drug-likeness (QED) is 0.480. The first kappa shape index (κ1) is 17.6. The van der Waals surface area contributed by atoms with Crippen LogP contribution in [0.1, 0.15) is 21.7 Å². The summed E-state index contributed by atoms with van der Waals surface area (Å²) in [7, 11) is 0. The van der Waals surface area contributed by atoms with Gasteiger partial charge in [0.15, 0.2) is 11.4 Å². The zero-order valence-electron chi connectivity index (χ0n) is 13.6. The van der Waals surface area contributed by atoms with Crippen LogP contribution in [-0.4, -0.2) is 27.3 Å². The number of fused-ring (bicyclic) bond motifs is 1. The molecular formula is C17H15F3N2O2S. The lowest BCUT2D eigenvalue weighted by molar-refractivity contribution is -0.141. The molecule has 132 valence electrons. The molecule has 0 aliphatic heterocycles. The SMILES string of the molecule is Cc1cc(C(=O)CSc2nc3ccccc3o2)c(C)n1CC(F)(F)F. The van der Waals surface area contributed by atoms with Gasteiger partial charge >= 0.3 is 6.18 Å². The number of aromatic nitrogens is 2. The van der Waals surface area contributed by atoms with Crippen LogP contribution in [0.2, 0.25) is 0 Å². The van der Waals surface area contributed by atoms with Crippen molar-refractivity contribution >= 4 is 28.6 Å². The number of hydrogen-bond acceptors (Lipinski definition) is 4. The number of rotatable bonds is 5. The van der Waals surface area contributed by atoms with Gasteiger partial charge in [-0.2, -0.15) is 13.2 Å². The second-order valence-corrected chi connectivity index (χ2v) is 6.57. The lowest BCUT2D eigenvalue weighted by atomic mass is 10.2. The average molecular weight is 368 g/mol. The maximum atomic E-state index is 12.7. The third kappa shape index (κ3) is 3.89. The number of aryl methyl sites for hydroxylation is 1. The van der Waals surface area contributed by atoms with E-state index >= 15 is 0 Å². The molecule has 0 saturated heterocycles. The molecule has 0 unspecified atom stereocenters. The fraction of sp³-hybridized carbons (Fsp3) is 0.294. The van der Waals surface area contributed by atoms with Gasteiger partial charge in [0.1, 0.15) is 12.1 Å². The summed E-state index contributed by atoms with van der Waals surface area (Å²) in [6.45, 7) is 1.98. The first-order valence-electron chi connectivity index (χ1n) is 7.49. The number of oxazole rings is 1. The van der Waals surface area contributed by atoms with E-state index in [1.54, 1.807) is 19.1 Å². The van der Waals surface area contributed by atoms with Gasteiger partial charge in [-0.05, 0) is 32.0 Å². The topological polar surface area (TPSA) is 48.0 Å². The first-order valence-corrected chi connectivity index (χ1v) is 8.48. The Morgan fingerprint density at radius 2 is 2.00 bits per heavy atom. The van der Waals surface area contributed by atoms with Crippen molar-refractivity contribution in [3.63, 3.8) is 0 Å². The van der Waals surface area contributed by atoms with Crippen LogP contribution in [0, 0.1) is 13.8 Å². The molecule has 8 heteroatoms. The van der Waals surface area contributed by atoms with E-state index in [9.17, 15) is 18.0 Å². The van der Waals surface area contributed by atoms with Crippen molar-refractivity contribution in [1.82, 2.24) is 9.55 Å². The lowest BCUT2D eigenvalue weighted by Crippen LogP contribution is -2.19. The molecule has 1 aromatic carbocycles. The van der Waals surface area contributed by atoms with E-state index in [-0.39, 0.29) is 11.5 Å². The zero-order valence-corrected chi connectivity index (χ0v) is 14.4. The van der Waals surface area contributed by atoms with Gasteiger partial charge in [-0.25, -0.2) is 4.98 Å². The standard InChI is InChI=1S/C17H15F3N2O2S/c1-10-7-12(11(2)22(10)9-17(18,19)20)14(23)8-25-16-21-13-5-3-4-6-15(13)24-16/h3-7H,8-9H2,1-2H3. The molecule has 0 N–H and O–H groups in total. The lowest BCUT2D eigenvalue weighted by Gasteiger charge is -2.12. The van der Waals surface area contributed by atoms with Gasteiger partial charge in [-0.3, -0.25) is 4.79 Å². The van der Waals surface area contributed by atoms with E-state index < -0.39 is 12.7 Å². The van der Waals surface area contributed by atoms with Gasteiger partial charge in [-0.15, -0.1) is 0 Å². The Bertz CT molecular complexity index is 895. The summed E-state index contributed by atoms with van der Waals surface area (Å²) >= 11 is 1.13. The van der Waals surface area contributed by atoms with Gasteiger partial charge in [0.25, 0.3) is 5.22 Å². The molecule has 0 saturated carbocycles. The smallest absolute Gasteiger partial charge is 0.406 e. The summed E-state index contributed by atoms with van der Waals surface area (Å²) in [5, 5.41) is 0.360. The molecule has 0 fully saturated rings. The summed E-state index contributed by atoms with van der Waals surface area (Å²) in [5.41, 5.74) is 2.34. The molecule has 0 atom stereocenters. The van der Waals surface area contributed by atoms with Gasteiger partial charge in [0.05, 0.1) is 5.75 Å². The van der Waals surface area contributed by atoms with Crippen molar-refractivity contribution < 1.29 is 22.4 Å². The maximum absolute atomic E-state index is 12.7. The number of carbonyl (C=O) groups excluding carboxylic acids is 1. The van der Waals surface area contributed by atoms with Crippen LogP contribution in [0.4, 0.5) is 13.2 Å². The van der Waals surface area contributed by atoms with Crippen molar-refractivity contribution in [3.05, 3.63) is 47.3 Å². The summed E-state index contributed by atoms with van der Waals surface area (Å²) in [6.07, 6.45) is -4.33. The van der Waals surface area contributed by atoms with Crippen LogP contribution in [0.5, 0.6) is 0 Å². The fourth-order valence-electron chi connectivity index (χ4n) is 2.62. The Labute approximate surface area is 146 Å². The van der Waals surface area contributed by atoms with Crippen molar-refractivity contribution in [1.29, 1.82) is 0 Å². The number of benzene rings is 1. The Hall–Kier alpha value is -2.22. The highest BCUT2D eigenvalue weighted by molar-refractivity contribution is 7.99. The van der Waals surface area contributed by atoms with E-state index in [0.717, 1.165) is 16.3 Å². The molecule has 0 radical (unpaired) electrons. The number of Topliss-reactive ketones (excluding diaryl/α,β-unsaturated/α-hetero) is 1. The van der Waals surface area contributed by atoms with Crippen LogP contribution in [0.15, 0.2) is 40.0 Å². The molecule has 3 rings (SSSR count). The highest BCUT2D eigenvalue weighted by atomic mass is 32.2. The van der Waals surface area contributed by atoms with Crippen LogP contribution in [0.25, 0.3) is 11.1 Å². The Kier molecular flexibility index (Phi) is 4.64. The highest BCUT2D eigenvalue weighted by Gasteiger charge is 2.30. The predicted octanol–water partition coefficient (Wildman–Crippen LogP) is 4.78. The molecule has 4 nitrogen and oxygen atoms in total. The molecule has 0 spiro atoms. The second kappa shape index (κ2) is 6.59. The van der Waals surface area contributed by atoms with Crippen molar-refractivity contribution in [2.75, 3.05) is 5.75 Å². The van der Waals surface area contributed by atoms with Crippen molar-refractivity contribution in [2.45, 2.75) is 31.8 Å². The number of halogens is 3. The van der Waals surface area contributed by atoms with Crippen molar-refractivity contribution in [2.24, 2.45) is 0 Å². The van der Waals surface area contributed by atoms with E-state index in [4.69, 9.17) is 4.42 Å². The molecule has 2 heterocycles. The third-order valence-electron chi connectivity index (χ3n) is 3.81. The average Bonchev–Trinajstić information content (AvgIpc) is 3.07. The molecule has 3 aromatic rings. The van der Waals surface area contributed by atoms with Crippen molar-refractivity contribution in [3.8, 4) is 0 Å². The Morgan fingerprint density at radius 3 is 2.68 bits per heavy atom. The normalized spacial score (nSPS) is 12.0. The van der Waals surface area contributed by atoms with E-state index in [1.165, 1.54) is 13.0 Å². The van der Waals surface area contributed by atoms with E-state index in [1.807, 2.05) is 12.1 Å². The number of thioether (sulfide) groups is 1. The Morgan fingerprint density at radius 1 is 1.28 bits per heavy atom. The summed E-state index contributed by atoms with van der Waals surface area (Å²) in [6, 6.07) is 8.73. The Balaban J connectivity index is 1.74. The number of alkyl halides is 3. The number of ketones is 1. The van der Waals surface area contributed by atoms with Crippen LogP contribution in [-0.2, 0) is 6.54 Å². The summed E-state index contributed by atoms with van der Waals surface area (Å²) < 4.78 is 44.6. The third-order valence-corrected chi connectivity index (χ3v) is 4.64. The fourth-order valence-corrected chi connectivity index (χ4v) is 3.35. The van der Waals surface area contributed by atoms with Crippen LogP contribution < -0.4 is 0 Å². The van der Waals surface area contributed by atoms with E-state index in [0.29, 0.717) is 33.3 Å². The number of hydrogen-bond donors (Lipinski definition) is 0. The number of nitrogens with zero attached hydrogens (tertiary/aromatic N) is 2. The molecule has 0 amide bonds. The number of carbonyl (C=O) groups is 1. The van der Waals surface area contributed by atoms with Gasteiger partial charge < -0.3 is 8.98 Å². The minimum atomic E-state index is -4.33. The maximum Gasteiger partial charge on any atom is 0.406 e. The van der Waals surface area contributed by atoms with Gasteiger partial charge in [0, 0.05) is 17.0 Å². The second-order valence-electron chi connectivity index (χ2n) is 5.65.